The summed E-state index contributed by atoms with van der Waals surface area (Å²) in [6, 6.07) is 6.10. The van der Waals surface area contributed by atoms with Gasteiger partial charge < -0.3 is 44.5 Å². The first-order valence-corrected chi connectivity index (χ1v) is 11.3. The molecule has 11 nitrogen and oxygen atoms in total. The van der Waals surface area contributed by atoms with Gasteiger partial charge in [-0.1, -0.05) is 17.7 Å². The smallest absolute Gasteiger partial charge is 0.337 e. The van der Waals surface area contributed by atoms with E-state index in [9.17, 15) is 35.1 Å². The number of allylic oxidation sites excluding steroid dienone is 1. The molecule has 0 spiro atoms. The Morgan fingerprint density at radius 2 is 1.75 bits per heavy atom. The number of aliphatic hydroxyl groups is 4. The number of benzene rings is 1. The summed E-state index contributed by atoms with van der Waals surface area (Å²) in [6.45, 7) is 2.87. The molecule has 2 aliphatic heterocycles. The number of cyclic esters (lactones) is 1. The second-order valence-electron chi connectivity index (χ2n) is 8.62. The van der Waals surface area contributed by atoms with Crippen LogP contribution in [0.4, 0.5) is 0 Å². The summed E-state index contributed by atoms with van der Waals surface area (Å²) in [6.07, 6.45) is -3.99. The number of aromatic hydroxyl groups is 1. The minimum atomic E-state index is -1.66. The van der Waals surface area contributed by atoms with Gasteiger partial charge in [0.15, 0.2) is 12.4 Å². The van der Waals surface area contributed by atoms with Crippen LogP contribution < -0.4 is 0 Å². The summed E-state index contributed by atoms with van der Waals surface area (Å²) >= 11 is 0. The van der Waals surface area contributed by atoms with Crippen LogP contribution >= 0.6 is 0 Å². The van der Waals surface area contributed by atoms with Crippen LogP contribution in [-0.4, -0.2) is 93.6 Å². The third-order valence-electron chi connectivity index (χ3n) is 5.53. The van der Waals surface area contributed by atoms with E-state index in [-0.39, 0.29) is 17.9 Å². The number of ether oxygens (including phenoxy) is 4. The van der Waals surface area contributed by atoms with E-state index in [2.05, 4.69) is 0 Å². The summed E-state index contributed by atoms with van der Waals surface area (Å²) < 4.78 is 21.1. The van der Waals surface area contributed by atoms with Crippen LogP contribution in [0.3, 0.4) is 0 Å². The number of phenols is 1. The van der Waals surface area contributed by atoms with E-state index in [0.29, 0.717) is 5.56 Å². The van der Waals surface area contributed by atoms with Gasteiger partial charge in [-0.3, -0.25) is 0 Å². The highest BCUT2D eigenvalue weighted by Crippen LogP contribution is 2.25. The van der Waals surface area contributed by atoms with Gasteiger partial charge in [0.05, 0.1) is 12.2 Å². The zero-order valence-electron chi connectivity index (χ0n) is 19.8. The van der Waals surface area contributed by atoms with Gasteiger partial charge in [0.2, 0.25) is 0 Å². The lowest BCUT2D eigenvalue weighted by atomic mass is 9.99. The lowest BCUT2D eigenvalue weighted by Crippen LogP contribution is -2.59. The third kappa shape index (κ3) is 7.00. The molecule has 0 bridgehead atoms. The Morgan fingerprint density at radius 1 is 1.06 bits per heavy atom. The van der Waals surface area contributed by atoms with Crippen molar-refractivity contribution in [2.75, 3.05) is 13.2 Å². The topological polar surface area (TPSA) is 172 Å². The standard InChI is InChI=1S/C25H30O11/c1-13(2)11-17-20(28)16(24(32)35-17)9-10-33-25-23(31)22(30)21(29)18(36-25)12-34-19(27)8-5-14-3-6-15(26)7-4-14/h3-9,11,17-18,20-23,25-26,28-31H,10,12H2,1-2H3/b8-5+,16-9-/t17-,18+,20+,21-,22-,23-,25+/m1/s1. The van der Waals surface area contributed by atoms with Crippen molar-refractivity contribution in [3.8, 4) is 5.75 Å². The van der Waals surface area contributed by atoms with E-state index < -0.39 is 61.5 Å². The van der Waals surface area contributed by atoms with Gasteiger partial charge in [0.25, 0.3) is 0 Å². The fraction of sp³-hybridized carbons (Fsp3) is 0.440. The van der Waals surface area contributed by atoms with E-state index >= 15 is 0 Å². The lowest BCUT2D eigenvalue weighted by Gasteiger charge is -2.39. The molecule has 2 fully saturated rings. The van der Waals surface area contributed by atoms with E-state index in [1.807, 2.05) is 0 Å². The maximum Gasteiger partial charge on any atom is 0.337 e. The summed E-state index contributed by atoms with van der Waals surface area (Å²) in [4.78, 5) is 24.0. The van der Waals surface area contributed by atoms with Gasteiger partial charge in [0.1, 0.15) is 42.9 Å². The number of hydrogen-bond donors (Lipinski definition) is 5. The monoisotopic (exact) mass is 506 g/mol. The Bertz CT molecular complexity index is 1010. The van der Waals surface area contributed by atoms with E-state index in [4.69, 9.17) is 18.9 Å². The second kappa shape index (κ2) is 12.3. The molecule has 3 rings (SSSR count). The maximum absolute atomic E-state index is 12.0. The van der Waals surface area contributed by atoms with Crippen molar-refractivity contribution in [3.63, 3.8) is 0 Å². The molecule has 0 saturated carbocycles. The molecular weight excluding hydrogens is 476 g/mol. The van der Waals surface area contributed by atoms with Crippen molar-refractivity contribution in [2.24, 2.45) is 0 Å². The van der Waals surface area contributed by atoms with Gasteiger partial charge in [-0.2, -0.15) is 0 Å². The second-order valence-corrected chi connectivity index (χ2v) is 8.62. The third-order valence-corrected chi connectivity index (χ3v) is 5.53. The zero-order valence-corrected chi connectivity index (χ0v) is 19.8. The van der Waals surface area contributed by atoms with Crippen LogP contribution in [0.1, 0.15) is 19.4 Å². The van der Waals surface area contributed by atoms with Crippen LogP contribution in [0.25, 0.3) is 6.08 Å². The van der Waals surface area contributed by atoms with Crippen LogP contribution in [0, 0.1) is 0 Å². The molecule has 0 aliphatic carbocycles. The van der Waals surface area contributed by atoms with Crippen LogP contribution in [-0.2, 0) is 28.5 Å². The molecule has 2 heterocycles. The maximum atomic E-state index is 12.0. The molecule has 5 N–H and O–H groups in total. The van der Waals surface area contributed by atoms with Gasteiger partial charge in [-0.15, -0.1) is 0 Å². The minimum Gasteiger partial charge on any atom is -0.508 e. The number of hydrogen-bond acceptors (Lipinski definition) is 11. The zero-order chi connectivity index (χ0) is 26.4. The number of carbonyl (C=O) groups excluding carboxylic acids is 2. The van der Waals surface area contributed by atoms with Gasteiger partial charge in [0, 0.05) is 6.08 Å². The van der Waals surface area contributed by atoms with E-state index in [1.165, 1.54) is 24.3 Å². The lowest BCUT2D eigenvalue weighted by molar-refractivity contribution is -0.299. The van der Waals surface area contributed by atoms with Crippen molar-refractivity contribution in [2.45, 2.75) is 56.8 Å². The normalized spacial score (nSPS) is 31.4. The predicted octanol–water partition coefficient (Wildman–Crippen LogP) is -0.0483. The Morgan fingerprint density at radius 3 is 2.42 bits per heavy atom. The molecule has 0 aromatic heterocycles. The first-order chi connectivity index (χ1) is 17.1. The van der Waals surface area contributed by atoms with Crippen molar-refractivity contribution in [1.29, 1.82) is 0 Å². The van der Waals surface area contributed by atoms with Crippen molar-refractivity contribution >= 4 is 18.0 Å². The van der Waals surface area contributed by atoms with E-state index in [0.717, 1.165) is 11.6 Å². The van der Waals surface area contributed by atoms with Crippen molar-refractivity contribution in [1.82, 2.24) is 0 Å². The molecule has 2 saturated heterocycles. The highest BCUT2D eigenvalue weighted by atomic mass is 16.7. The molecule has 11 heteroatoms. The largest absolute Gasteiger partial charge is 0.508 e. The van der Waals surface area contributed by atoms with Gasteiger partial charge in [-0.05, 0) is 49.8 Å². The van der Waals surface area contributed by atoms with Crippen LogP contribution in [0.2, 0.25) is 0 Å². The quantitative estimate of drug-likeness (QED) is 0.182. The average molecular weight is 507 g/mol. The molecule has 196 valence electrons. The number of rotatable bonds is 8. The average Bonchev–Trinajstić information content (AvgIpc) is 3.09. The minimum absolute atomic E-state index is 0.0192. The molecule has 36 heavy (non-hydrogen) atoms. The highest BCUT2D eigenvalue weighted by molar-refractivity contribution is 5.92. The fourth-order valence-corrected chi connectivity index (χ4v) is 3.60. The molecule has 2 aliphatic rings. The summed E-state index contributed by atoms with van der Waals surface area (Å²) in [5, 5.41) is 50.2. The number of aliphatic hydroxyl groups excluding tert-OH is 4. The summed E-state index contributed by atoms with van der Waals surface area (Å²) in [5.41, 5.74) is 1.48. The number of carbonyl (C=O) groups is 2. The SMILES string of the molecule is CC(C)=C[C@H]1OC(=O)/C(=C\CO[C@H]2O[C@@H](COC(=O)/C=C/c3ccc(O)cc3)[C@@H](O)[C@@H](O)[C@H]2O)[C@@H]1O. The Kier molecular flexibility index (Phi) is 9.37. The molecule has 1 aromatic carbocycles. The molecular formula is C25H30O11. The molecule has 1 aromatic rings. The Labute approximate surface area is 207 Å². The predicted molar refractivity (Wildman–Crippen MR) is 124 cm³/mol. The van der Waals surface area contributed by atoms with E-state index in [1.54, 1.807) is 32.1 Å². The first-order valence-electron chi connectivity index (χ1n) is 11.3. The van der Waals surface area contributed by atoms with Crippen molar-refractivity contribution < 1.29 is 54.1 Å². The van der Waals surface area contributed by atoms with Crippen LogP contribution in [0.5, 0.6) is 5.75 Å². The molecule has 7 atom stereocenters. The van der Waals surface area contributed by atoms with Crippen molar-refractivity contribution in [3.05, 3.63) is 59.2 Å². The fourth-order valence-electron chi connectivity index (χ4n) is 3.60. The van der Waals surface area contributed by atoms with Crippen LogP contribution in [0.15, 0.2) is 53.6 Å². The Hall–Kier alpha value is -3.06. The number of esters is 2. The summed E-state index contributed by atoms with van der Waals surface area (Å²) in [5.74, 6) is -1.38. The highest BCUT2D eigenvalue weighted by Gasteiger charge is 2.45. The Balaban J connectivity index is 1.55. The molecule has 0 unspecified atom stereocenters. The summed E-state index contributed by atoms with van der Waals surface area (Å²) in [7, 11) is 0. The molecule has 0 amide bonds. The van der Waals surface area contributed by atoms with Gasteiger partial charge >= 0.3 is 11.9 Å². The molecule has 0 radical (unpaired) electrons. The first kappa shape index (κ1) is 27.5. The number of phenolic OH excluding ortho intramolecular Hbond substituents is 1. The van der Waals surface area contributed by atoms with Gasteiger partial charge in [-0.25, -0.2) is 9.59 Å².